The van der Waals surface area contributed by atoms with Crippen LogP contribution in [0.5, 0.6) is 5.75 Å². The lowest BCUT2D eigenvalue weighted by Gasteiger charge is -2.09. The number of hydrogen-bond donors (Lipinski definition) is 0. The molecule has 0 heterocycles. The molecule has 0 atom stereocenters. The molecule has 0 spiro atoms. The summed E-state index contributed by atoms with van der Waals surface area (Å²) in [6.07, 6.45) is 2.14. The van der Waals surface area contributed by atoms with E-state index in [0.717, 1.165) is 6.29 Å². The van der Waals surface area contributed by atoms with Crippen LogP contribution >= 0.6 is 0 Å². The average molecular weight is 221 g/mol. The summed E-state index contributed by atoms with van der Waals surface area (Å²) in [4.78, 5) is 21.4. The minimum Gasteiger partial charge on any atom is -0.497 e. The van der Waals surface area contributed by atoms with E-state index < -0.39 is 10.3 Å². The Kier molecular flexibility index (Phi) is 2.38. The topological polar surface area (TPSA) is 69.4 Å². The van der Waals surface area contributed by atoms with Crippen molar-refractivity contribution >= 4 is 12.0 Å². The number of benzene rings is 1. The van der Waals surface area contributed by atoms with Gasteiger partial charge in [-0.25, -0.2) is 0 Å². The van der Waals surface area contributed by atoms with Crippen molar-refractivity contribution in [2.24, 2.45) is 0 Å². The molecular weight excluding hydrogens is 210 g/mol. The monoisotopic (exact) mass is 221 g/mol. The molecular formula is C11H11NO4. The van der Waals surface area contributed by atoms with Gasteiger partial charge in [0, 0.05) is 11.6 Å². The molecule has 0 unspecified atom stereocenters. The van der Waals surface area contributed by atoms with Crippen molar-refractivity contribution < 1.29 is 14.5 Å². The maximum atomic E-state index is 11.0. The first-order valence-electron chi connectivity index (χ1n) is 4.92. The Morgan fingerprint density at radius 1 is 1.50 bits per heavy atom. The van der Waals surface area contributed by atoms with Gasteiger partial charge in [0.1, 0.15) is 12.0 Å². The van der Waals surface area contributed by atoms with Crippen LogP contribution in [-0.4, -0.2) is 18.3 Å². The molecule has 0 aliphatic heterocycles. The van der Waals surface area contributed by atoms with Gasteiger partial charge in [-0.2, -0.15) is 0 Å². The van der Waals surface area contributed by atoms with Crippen molar-refractivity contribution in [1.82, 2.24) is 0 Å². The van der Waals surface area contributed by atoms with E-state index in [1.165, 1.54) is 19.2 Å². The number of aldehydes is 1. The van der Waals surface area contributed by atoms with Crippen LogP contribution < -0.4 is 4.74 Å². The quantitative estimate of drug-likeness (QED) is 0.442. The van der Waals surface area contributed by atoms with Gasteiger partial charge in [0.2, 0.25) is 0 Å². The van der Waals surface area contributed by atoms with Crippen molar-refractivity contribution in [1.29, 1.82) is 0 Å². The highest BCUT2D eigenvalue weighted by molar-refractivity contribution is 5.76. The molecule has 5 nitrogen and oxygen atoms in total. The van der Waals surface area contributed by atoms with Crippen LogP contribution in [0, 0.1) is 10.1 Å². The number of carbonyl (C=O) groups excluding carboxylic acids is 1. The molecule has 1 aromatic carbocycles. The molecule has 0 aromatic heterocycles. The minimum absolute atomic E-state index is 0.00889. The highest BCUT2D eigenvalue weighted by atomic mass is 16.6. The molecule has 1 aromatic rings. The summed E-state index contributed by atoms with van der Waals surface area (Å²) in [6.45, 7) is 0. The SMILES string of the molecule is COc1ccc([N+](=O)[O-])c(C2(C=O)CC2)c1. The highest BCUT2D eigenvalue weighted by Crippen LogP contribution is 2.50. The van der Waals surface area contributed by atoms with E-state index in [-0.39, 0.29) is 5.69 Å². The fourth-order valence-corrected chi connectivity index (χ4v) is 1.79. The summed E-state index contributed by atoms with van der Waals surface area (Å²) >= 11 is 0. The standard InChI is InChI=1S/C11H11NO4/c1-16-8-2-3-10(12(14)15)9(6-8)11(7-13)4-5-11/h2-3,6-7H,4-5H2,1H3. The molecule has 0 radical (unpaired) electrons. The van der Waals surface area contributed by atoms with Crippen molar-refractivity contribution in [2.45, 2.75) is 18.3 Å². The molecule has 0 bridgehead atoms. The number of nitro groups is 1. The van der Waals surface area contributed by atoms with E-state index in [1.54, 1.807) is 6.07 Å². The summed E-state index contributed by atoms with van der Waals surface area (Å²) in [5.41, 5.74) is -0.200. The number of methoxy groups -OCH3 is 1. The Hall–Kier alpha value is -1.91. The van der Waals surface area contributed by atoms with Crippen LogP contribution in [0.4, 0.5) is 5.69 Å². The fourth-order valence-electron chi connectivity index (χ4n) is 1.79. The summed E-state index contributed by atoms with van der Waals surface area (Å²) in [6, 6.07) is 4.50. The fraction of sp³-hybridized carbons (Fsp3) is 0.364. The minimum atomic E-state index is -0.656. The zero-order chi connectivity index (χ0) is 11.8. The van der Waals surface area contributed by atoms with E-state index in [9.17, 15) is 14.9 Å². The van der Waals surface area contributed by atoms with Gasteiger partial charge in [-0.15, -0.1) is 0 Å². The number of nitro benzene ring substituents is 1. The normalized spacial score (nSPS) is 16.6. The van der Waals surface area contributed by atoms with Gasteiger partial charge in [0.05, 0.1) is 17.4 Å². The van der Waals surface area contributed by atoms with Crippen LogP contribution in [-0.2, 0) is 10.2 Å². The van der Waals surface area contributed by atoms with Gasteiger partial charge in [0.25, 0.3) is 5.69 Å². The van der Waals surface area contributed by atoms with Gasteiger partial charge in [-0.3, -0.25) is 10.1 Å². The Balaban J connectivity index is 2.55. The number of nitrogens with zero attached hydrogens (tertiary/aromatic N) is 1. The maximum Gasteiger partial charge on any atom is 0.273 e. The Morgan fingerprint density at radius 3 is 2.62 bits per heavy atom. The predicted molar refractivity (Wildman–Crippen MR) is 56.6 cm³/mol. The van der Waals surface area contributed by atoms with Crippen LogP contribution in [0.25, 0.3) is 0 Å². The molecule has 1 saturated carbocycles. The number of ether oxygens (including phenoxy) is 1. The smallest absolute Gasteiger partial charge is 0.273 e. The highest BCUT2D eigenvalue weighted by Gasteiger charge is 2.48. The largest absolute Gasteiger partial charge is 0.497 e. The van der Waals surface area contributed by atoms with Crippen molar-refractivity contribution in [3.05, 3.63) is 33.9 Å². The van der Waals surface area contributed by atoms with E-state index in [1.807, 2.05) is 0 Å². The third-order valence-electron chi connectivity index (χ3n) is 2.95. The number of hydrogen-bond acceptors (Lipinski definition) is 4. The molecule has 84 valence electrons. The predicted octanol–water partition coefficient (Wildman–Crippen LogP) is 1.83. The second-order valence-corrected chi connectivity index (χ2v) is 3.91. The first-order chi connectivity index (χ1) is 7.63. The summed E-state index contributed by atoms with van der Waals surface area (Å²) in [7, 11) is 1.49. The van der Waals surface area contributed by atoms with E-state index >= 15 is 0 Å². The molecule has 0 N–H and O–H groups in total. The van der Waals surface area contributed by atoms with Gasteiger partial charge in [0.15, 0.2) is 0 Å². The maximum absolute atomic E-state index is 11.0. The molecule has 2 rings (SSSR count). The van der Waals surface area contributed by atoms with Crippen LogP contribution in [0.1, 0.15) is 18.4 Å². The van der Waals surface area contributed by atoms with Crippen molar-refractivity contribution in [3.8, 4) is 5.75 Å². The lowest BCUT2D eigenvalue weighted by molar-refractivity contribution is -0.385. The Morgan fingerprint density at radius 2 is 2.19 bits per heavy atom. The zero-order valence-electron chi connectivity index (χ0n) is 8.80. The molecule has 0 saturated heterocycles. The number of rotatable bonds is 4. The molecule has 16 heavy (non-hydrogen) atoms. The second-order valence-electron chi connectivity index (χ2n) is 3.91. The van der Waals surface area contributed by atoms with Crippen LogP contribution in [0.3, 0.4) is 0 Å². The Bertz CT molecular complexity index is 451. The van der Waals surface area contributed by atoms with Crippen LogP contribution in [0.15, 0.2) is 18.2 Å². The first kappa shape index (κ1) is 10.6. The third-order valence-corrected chi connectivity index (χ3v) is 2.95. The van der Waals surface area contributed by atoms with E-state index in [2.05, 4.69) is 0 Å². The second kappa shape index (κ2) is 3.59. The lowest BCUT2D eigenvalue weighted by atomic mass is 9.95. The third kappa shape index (κ3) is 1.54. The summed E-state index contributed by atoms with van der Waals surface area (Å²) in [5.74, 6) is 0.536. The summed E-state index contributed by atoms with van der Waals surface area (Å²) in [5, 5.41) is 10.9. The molecule has 5 heteroatoms. The zero-order valence-corrected chi connectivity index (χ0v) is 8.80. The summed E-state index contributed by atoms with van der Waals surface area (Å²) < 4.78 is 5.02. The number of carbonyl (C=O) groups is 1. The molecule has 1 aliphatic carbocycles. The van der Waals surface area contributed by atoms with Crippen LogP contribution in [0.2, 0.25) is 0 Å². The van der Waals surface area contributed by atoms with Gasteiger partial charge in [-0.1, -0.05) is 0 Å². The molecule has 1 fully saturated rings. The van der Waals surface area contributed by atoms with Crippen molar-refractivity contribution in [2.75, 3.05) is 7.11 Å². The van der Waals surface area contributed by atoms with Crippen molar-refractivity contribution in [3.63, 3.8) is 0 Å². The Labute approximate surface area is 92.2 Å². The molecule has 0 amide bonds. The van der Waals surface area contributed by atoms with Gasteiger partial charge >= 0.3 is 0 Å². The average Bonchev–Trinajstić information content (AvgIpc) is 3.09. The lowest BCUT2D eigenvalue weighted by Crippen LogP contribution is -2.11. The van der Waals surface area contributed by atoms with Gasteiger partial charge in [-0.05, 0) is 25.0 Å². The first-order valence-corrected chi connectivity index (χ1v) is 4.92. The van der Waals surface area contributed by atoms with E-state index in [0.29, 0.717) is 24.2 Å². The molecule has 1 aliphatic rings. The van der Waals surface area contributed by atoms with E-state index in [4.69, 9.17) is 4.74 Å². The van der Waals surface area contributed by atoms with Gasteiger partial charge < -0.3 is 9.53 Å².